The second-order valence-electron chi connectivity index (χ2n) is 6.61. The SMILES string of the molecule is CCOc1ccc(-n2c(SCC(N)=O)nc3sc4c(c3c2=O)CCCC4)cc1. The van der Waals surface area contributed by atoms with Crippen molar-refractivity contribution in [3.05, 3.63) is 45.1 Å². The molecule has 6 nitrogen and oxygen atoms in total. The first-order valence-electron chi connectivity index (χ1n) is 9.30. The standard InChI is InChI=1S/C20H21N3O3S2/c1-2-26-13-9-7-12(8-10-13)23-19(25)17-14-5-3-4-6-15(14)28-18(17)22-20(23)27-11-16(21)24/h7-10H,2-6,11H2,1H3,(H2,21,24). The first-order valence-corrected chi connectivity index (χ1v) is 11.1. The van der Waals surface area contributed by atoms with Gasteiger partial charge in [-0.3, -0.25) is 14.2 Å². The molecule has 4 rings (SSSR count). The number of primary amides is 1. The maximum atomic E-state index is 13.5. The molecule has 0 unspecified atom stereocenters. The molecule has 2 aromatic heterocycles. The van der Waals surface area contributed by atoms with E-state index >= 15 is 0 Å². The molecule has 0 saturated heterocycles. The van der Waals surface area contributed by atoms with Gasteiger partial charge in [-0.25, -0.2) is 4.98 Å². The normalized spacial score (nSPS) is 13.5. The van der Waals surface area contributed by atoms with Crippen LogP contribution in [0.1, 0.15) is 30.2 Å². The summed E-state index contributed by atoms with van der Waals surface area (Å²) in [7, 11) is 0. The Balaban J connectivity index is 1.90. The van der Waals surface area contributed by atoms with Gasteiger partial charge in [0.05, 0.1) is 23.4 Å². The molecule has 146 valence electrons. The molecular formula is C20H21N3O3S2. The van der Waals surface area contributed by atoms with Gasteiger partial charge in [-0.15, -0.1) is 11.3 Å². The topological polar surface area (TPSA) is 87.2 Å². The molecular weight excluding hydrogens is 394 g/mol. The van der Waals surface area contributed by atoms with Crippen LogP contribution in [0.5, 0.6) is 5.75 Å². The predicted molar refractivity (Wildman–Crippen MR) is 113 cm³/mol. The zero-order valence-corrected chi connectivity index (χ0v) is 17.2. The van der Waals surface area contributed by atoms with Crippen molar-refractivity contribution >= 4 is 39.2 Å². The van der Waals surface area contributed by atoms with Crippen LogP contribution in [0.4, 0.5) is 0 Å². The van der Waals surface area contributed by atoms with Gasteiger partial charge in [-0.1, -0.05) is 11.8 Å². The smallest absolute Gasteiger partial charge is 0.267 e. The first-order chi connectivity index (χ1) is 13.6. The lowest BCUT2D eigenvalue weighted by Gasteiger charge is -2.14. The van der Waals surface area contributed by atoms with Gasteiger partial charge in [0.1, 0.15) is 10.6 Å². The van der Waals surface area contributed by atoms with Crippen molar-refractivity contribution in [2.24, 2.45) is 5.73 Å². The number of nitrogens with two attached hydrogens (primary N) is 1. The minimum atomic E-state index is -0.442. The summed E-state index contributed by atoms with van der Waals surface area (Å²) in [5, 5.41) is 1.20. The van der Waals surface area contributed by atoms with Crippen LogP contribution in [-0.2, 0) is 17.6 Å². The Morgan fingerprint density at radius 1 is 1.29 bits per heavy atom. The van der Waals surface area contributed by atoms with Crippen LogP contribution in [0.3, 0.4) is 0 Å². The molecule has 2 heterocycles. The van der Waals surface area contributed by atoms with Gasteiger partial charge in [0.25, 0.3) is 5.56 Å². The number of hydrogen-bond acceptors (Lipinski definition) is 6. The van der Waals surface area contributed by atoms with E-state index in [1.165, 1.54) is 16.6 Å². The molecule has 1 aromatic carbocycles. The van der Waals surface area contributed by atoms with E-state index in [1.54, 1.807) is 15.9 Å². The lowest BCUT2D eigenvalue weighted by atomic mass is 9.97. The third-order valence-electron chi connectivity index (χ3n) is 4.71. The summed E-state index contributed by atoms with van der Waals surface area (Å²) in [6.07, 6.45) is 4.17. The lowest BCUT2D eigenvalue weighted by molar-refractivity contribution is -0.115. The number of thioether (sulfide) groups is 1. The monoisotopic (exact) mass is 415 g/mol. The van der Waals surface area contributed by atoms with Crippen molar-refractivity contribution in [3.63, 3.8) is 0 Å². The number of ether oxygens (including phenoxy) is 1. The van der Waals surface area contributed by atoms with Crippen molar-refractivity contribution in [2.45, 2.75) is 37.8 Å². The first kappa shape index (κ1) is 19.0. The number of nitrogens with zero attached hydrogens (tertiary/aromatic N) is 2. The highest BCUT2D eigenvalue weighted by Crippen LogP contribution is 2.35. The molecule has 0 spiro atoms. The Hall–Kier alpha value is -2.32. The zero-order valence-electron chi connectivity index (χ0n) is 15.6. The molecule has 8 heteroatoms. The number of hydrogen-bond donors (Lipinski definition) is 1. The number of carbonyl (C=O) groups excluding carboxylic acids is 1. The molecule has 0 fully saturated rings. The number of carbonyl (C=O) groups is 1. The quantitative estimate of drug-likeness (QED) is 0.493. The number of thiophene rings is 1. The summed E-state index contributed by atoms with van der Waals surface area (Å²) < 4.78 is 7.09. The van der Waals surface area contributed by atoms with Gasteiger partial charge < -0.3 is 10.5 Å². The fourth-order valence-electron chi connectivity index (χ4n) is 3.50. The molecule has 1 aliphatic rings. The Labute approximate surface area is 170 Å². The summed E-state index contributed by atoms with van der Waals surface area (Å²) in [6, 6.07) is 7.35. The van der Waals surface area contributed by atoms with Crippen LogP contribution in [0.2, 0.25) is 0 Å². The van der Waals surface area contributed by atoms with Gasteiger partial charge in [0.15, 0.2) is 5.16 Å². The zero-order chi connectivity index (χ0) is 19.7. The van der Waals surface area contributed by atoms with E-state index in [2.05, 4.69) is 0 Å². The molecule has 3 aromatic rings. The number of benzene rings is 1. The van der Waals surface area contributed by atoms with E-state index in [4.69, 9.17) is 15.5 Å². The van der Waals surface area contributed by atoms with Crippen molar-refractivity contribution < 1.29 is 9.53 Å². The molecule has 0 bridgehead atoms. The molecule has 1 amide bonds. The number of aromatic nitrogens is 2. The maximum absolute atomic E-state index is 13.5. The van der Waals surface area contributed by atoms with E-state index in [9.17, 15) is 9.59 Å². The summed E-state index contributed by atoms with van der Waals surface area (Å²) in [5.41, 5.74) is 7.09. The second kappa shape index (κ2) is 7.97. The van der Waals surface area contributed by atoms with Crippen molar-refractivity contribution in [1.82, 2.24) is 9.55 Å². The number of aryl methyl sites for hydroxylation is 2. The minimum Gasteiger partial charge on any atom is -0.494 e. The van der Waals surface area contributed by atoms with Crippen LogP contribution in [-0.4, -0.2) is 27.8 Å². The van der Waals surface area contributed by atoms with E-state index in [-0.39, 0.29) is 11.3 Å². The van der Waals surface area contributed by atoms with Crippen LogP contribution in [0.15, 0.2) is 34.2 Å². The third kappa shape index (κ3) is 3.54. The van der Waals surface area contributed by atoms with E-state index in [1.807, 2.05) is 31.2 Å². The fourth-order valence-corrected chi connectivity index (χ4v) is 5.56. The highest BCUT2D eigenvalue weighted by Gasteiger charge is 2.23. The van der Waals surface area contributed by atoms with Crippen LogP contribution >= 0.6 is 23.1 Å². The Kier molecular flexibility index (Phi) is 5.41. The van der Waals surface area contributed by atoms with Gasteiger partial charge >= 0.3 is 0 Å². The van der Waals surface area contributed by atoms with Crippen molar-refractivity contribution in [1.29, 1.82) is 0 Å². The van der Waals surface area contributed by atoms with Gasteiger partial charge in [-0.2, -0.15) is 0 Å². The lowest BCUT2D eigenvalue weighted by Crippen LogP contribution is -2.23. The van der Waals surface area contributed by atoms with Gasteiger partial charge in [-0.05, 0) is 62.4 Å². The molecule has 0 radical (unpaired) electrons. The number of rotatable bonds is 6. The third-order valence-corrected chi connectivity index (χ3v) is 6.85. The van der Waals surface area contributed by atoms with Crippen molar-refractivity contribution in [2.75, 3.05) is 12.4 Å². The molecule has 0 aliphatic heterocycles. The van der Waals surface area contributed by atoms with E-state index in [0.29, 0.717) is 17.5 Å². The Morgan fingerprint density at radius 3 is 2.75 bits per heavy atom. The Bertz CT molecular complexity index is 1090. The van der Waals surface area contributed by atoms with Crippen LogP contribution in [0.25, 0.3) is 15.9 Å². The molecule has 28 heavy (non-hydrogen) atoms. The minimum absolute atomic E-state index is 0.0695. The largest absolute Gasteiger partial charge is 0.494 e. The van der Waals surface area contributed by atoms with Crippen molar-refractivity contribution in [3.8, 4) is 11.4 Å². The molecule has 0 saturated carbocycles. The Morgan fingerprint density at radius 2 is 2.04 bits per heavy atom. The van der Waals surface area contributed by atoms with E-state index < -0.39 is 5.91 Å². The summed E-state index contributed by atoms with van der Waals surface area (Å²) in [5.74, 6) is 0.371. The number of amides is 1. The molecule has 0 atom stereocenters. The highest BCUT2D eigenvalue weighted by molar-refractivity contribution is 7.99. The maximum Gasteiger partial charge on any atom is 0.267 e. The average molecular weight is 416 g/mol. The van der Waals surface area contributed by atoms with Crippen LogP contribution in [0, 0.1) is 0 Å². The fraction of sp³-hybridized carbons (Fsp3) is 0.350. The average Bonchev–Trinajstić information content (AvgIpc) is 3.06. The molecule has 2 N–H and O–H groups in total. The molecule has 1 aliphatic carbocycles. The van der Waals surface area contributed by atoms with Gasteiger partial charge in [0, 0.05) is 4.88 Å². The number of fused-ring (bicyclic) bond motifs is 3. The highest BCUT2D eigenvalue weighted by atomic mass is 32.2. The summed E-state index contributed by atoms with van der Waals surface area (Å²) in [4.78, 5) is 31.6. The predicted octanol–water partition coefficient (Wildman–Crippen LogP) is 3.30. The van der Waals surface area contributed by atoms with E-state index in [0.717, 1.165) is 47.2 Å². The summed E-state index contributed by atoms with van der Waals surface area (Å²) in [6.45, 7) is 2.50. The van der Waals surface area contributed by atoms with Crippen LogP contribution < -0.4 is 16.0 Å². The summed E-state index contributed by atoms with van der Waals surface area (Å²) >= 11 is 2.79. The van der Waals surface area contributed by atoms with Gasteiger partial charge in [0.2, 0.25) is 5.91 Å². The second-order valence-corrected chi connectivity index (χ2v) is 8.63.